The van der Waals surface area contributed by atoms with Crippen LogP contribution in [0.3, 0.4) is 0 Å². The zero-order valence-electron chi connectivity index (χ0n) is 11.0. The lowest BCUT2D eigenvalue weighted by Gasteiger charge is -2.23. The molecular formula is C14H15BrFNO3. The van der Waals surface area contributed by atoms with Crippen molar-refractivity contribution >= 4 is 27.8 Å². The zero-order chi connectivity index (χ0) is 14.9. The molecule has 1 saturated heterocycles. The molecule has 1 N–H and O–H groups in total. The van der Waals surface area contributed by atoms with Gasteiger partial charge in [0.2, 0.25) is 5.91 Å². The maximum atomic E-state index is 13.2. The molecule has 2 unspecified atom stereocenters. The van der Waals surface area contributed by atoms with Crippen molar-refractivity contribution in [1.82, 2.24) is 4.90 Å². The lowest BCUT2D eigenvalue weighted by Crippen LogP contribution is -2.38. The molecule has 0 radical (unpaired) electrons. The summed E-state index contributed by atoms with van der Waals surface area (Å²) >= 11 is 3.29. The summed E-state index contributed by atoms with van der Waals surface area (Å²) in [7, 11) is 0. The number of hydrogen-bond donors (Lipinski definition) is 1. The van der Waals surface area contributed by atoms with E-state index in [1.807, 2.05) is 0 Å². The molecule has 108 valence electrons. The predicted molar refractivity (Wildman–Crippen MR) is 74.7 cm³/mol. The summed E-state index contributed by atoms with van der Waals surface area (Å²) in [5.74, 6) is -1.96. The van der Waals surface area contributed by atoms with Crippen LogP contribution in [0.4, 0.5) is 4.39 Å². The van der Waals surface area contributed by atoms with Gasteiger partial charge in [-0.25, -0.2) is 4.39 Å². The molecule has 0 bridgehead atoms. The number of carbonyl (C=O) groups is 2. The van der Waals surface area contributed by atoms with E-state index in [1.54, 1.807) is 17.9 Å². The molecule has 1 aliphatic heterocycles. The van der Waals surface area contributed by atoms with E-state index in [0.29, 0.717) is 23.0 Å². The van der Waals surface area contributed by atoms with Gasteiger partial charge in [-0.2, -0.15) is 0 Å². The number of amides is 1. The Balaban J connectivity index is 2.09. The van der Waals surface area contributed by atoms with E-state index < -0.39 is 17.7 Å². The molecule has 1 fully saturated rings. The minimum Gasteiger partial charge on any atom is -0.481 e. The molecule has 4 nitrogen and oxygen atoms in total. The average Bonchev–Trinajstić information content (AvgIpc) is 2.76. The smallest absolute Gasteiger partial charge is 0.308 e. The highest BCUT2D eigenvalue weighted by molar-refractivity contribution is 9.10. The van der Waals surface area contributed by atoms with Gasteiger partial charge in [0.25, 0.3) is 0 Å². The first-order valence-electron chi connectivity index (χ1n) is 6.36. The molecule has 1 aliphatic rings. The van der Waals surface area contributed by atoms with E-state index in [9.17, 15) is 14.0 Å². The molecule has 0 spiro atoms. The Kier molecular flexibility index (Phi) is 4.42. The van der Waals surface area contributed by atoms with Crippen molar-refractivity contribution in [2.45, 2.75) is 25.8 Å². The van der Waals surface area contributed by atoms with Gasteiger partial charge in [0, 0.05) is 17.1 Å². The third-order valence-corrected chi connectivity index (χ3v) is 4.52. The monoisotopic (exact) mass is 343 g/mol. The second kappa shape index (κ2) is 5.91. The molecule has 0 aromatic heterocycles. The van der Waals surface area contributed by atoms with E-state index in [-0.39, 0.29) is 18.4 Å². The average molecular weight is 344 g/mol. The molecule has 0 aliphatic carbocycles. The highest BCUT2D eigenvalue weighted by atomic mass is 79.9. The summed E-state index contributed by atoms with van der Waals surface area (Å²) < 4.78 is 13.9. The van der Waals surface area contributed by atoms with Crippen LogP contribution in [0.5, 0.6) is 0 Å². The van der Waals surface area contributed by atoms with Crippen molar-refractivity contribution in [2.24, 2.45) is 5.92 Å². The molecule has 2 rings (SSSR count). The van der Waals surface area contributed by atoms with Crippen molar-refractivity contribution in [3.05, 3.63) is 34.1 Å². The molecule has 20 heavy (non-hydrogen) atoms. The van der Waals surface area contributed by atoms with E-state index in [2.05, 4.69) is 15.9 Å². The Morgan fingerprint density at radius 2 is 2.20 bits per heavy atom. The Morgan fingerprint density at radius 1 is 1.50 bits per heavy atom. The number of carboxylic acid groups (broad SMARTS) is 1. The van der Waals surface area contributed by atoms with Gasteiger partial charge >= 0.3 is 5.97 Å². The lowest BCUT2D eigenvalue weighted by molar-refractivity contribution is -0.143. The fraction of sp³-hybridized carbons (Fsp3) is 0.429. The number of likely N-dealkylation sites (tertiary alicyclic amines) is 1. The maximum absolute atomic E-state index is 13.2. The fourth-order valence-corrected chi connectivity index (χ4v) is 2.95. The van der Waals surface area contributed by atoms with Crippen LogP contribution in [0.1, 0.15) is 18.9 Å². The number of carbonyl (C=O) groups excluding carboxylic acids is 1. The summed E-state index contributed by atoms with van der Waals surface area (Å²) in [5.41, 5.74) is 0.570. The molecule has 1 heterocycles. The van der Waals surface area contributed by atoms with Crippen molar-refractivity contribution in [2.75, 3.05) is 6.54 Å². The Labute approximate surface area is 124 Å². The number of halogens is 2. The van der Waals surface area contributed by atoms with Crippen LogP contribution >= 0.6 is 15.9 Å². The zero-order valence-corrected chi connectivity index (χ0v) is 12.6. The first kappa shape index (κ1) is 15.0. The first-order chi connectivity index (χ1) is 9.40. The third kappa shape index (κ3) is 3.00. The Hall–Kier alpha value is -1.43. The minimum absolute atomic E-state index is 0.0645. The van der Waals surface area contributed by atoms with Crippen molar-refractivity contribution in [3.8, 4) is 0 Å². The second-order valence-electron chi connectivity index (χ2n) is 4.97. The van der Waals surface area contributed by atoms with E-state index in [0.717, 1.165) is 0 Å². The number of benzene rings is 1. The quantitative estimate of drug-likeness (QED) is 0.916. The normalized spacial score (nSPS) is 22.1. The van der Waals surface area contributed by atoms with Crippen LogP contribution in [-0.2, 0) is 16.0 Å². The van der Waals surface area contributed by atoms with Crippen LogP contribution in [0, 0.1) is 11.7 Å². The molecule has 1 aromatic rings. The molecule has 1 aromatic carbocycles. The summed E-state index contributed by atoms with van der Waals surface area (Å²) in [4.78, 5) is 24.9. The topological polar surface area (TPSA) is 57.6 Å². The van der Waals surface area contributed by atoms with Gasteiger partial charge in [-0.1, -0.05) is 15.9 Å². The lowest BCUT2D eigenvalue weighted by atomic mass is 10.0. The number of carboxylic acids is 1. The Morgan fingerprint density at radius 3 is 2.80 bits per heavy atom. The molecule has 0 saturated carbocycles. The first-order valence-corrected chi connectivity index (χ1v) is 7.15. The van der Waals surface area contributed by atoms with Crippen LogP contribution < -0.4 is 0 Å². The van der Waals surface area contributed by atoms with Gasteiger partial charge in [0.15, 0.2) is 0 Å². The van der Waals surface area contributed by atoms with Crippen molar-refractivity contribution in [1.29, 1.82) is 0 Å². The molecule has 6 heteroatoms. The molecule has 2 atom stereocenters. The van der Waals surface area contributed by atoms with Gasteiger partial charge in [0.05, 0.1) is 12.3 Å². The Bertz CT molecular complexity index is 549. The van der Waals surface area contributed by atoms with Gasteiger partial charge in [-0.05, 0) is 37.1 Å². The van der Waals surface area contributed by atoms with Gasteiger partial charge in [-0.15, -0.1) is 0 Å². The van der Waals surface area contributed by atoms with Gasteiger partial charge in [0.1, 0.15) is 5.82 Å². The summed E-state index contributed by atoms with van der Waals surface area (Å²) in [6.07, 6.45) is 0.529. The van der Waals surface area contributed by atoms with Crippen LogP contribution in [-0.4, -0.2) is 34.5 Å². The summed E-state index contributed by atoms with van der Waals surface area (Å²) in [5, 5.41) is 9.06. The van der Waals surface area contributed by atoms with Crippen LogP contribution in [0.25, 0.3) is 0 Å². The number of aliphatic carboxylic acids is 1. The van der Waals surface area contributed by atoms with Crippen molar-refractivity contribution < 1.29 is 19.1 Å². The fourth-order valence-electron chi connectivity index (χ4n) is 2.57. The third-order valence-electron chi connectivity index (χ3n) is 3.74. The standard InChI is InChI=1S/C14H15BrFNO3/c1-8-11(14(19)20)4-5-17(8)13(18)7-9-6-10(16)2-3-12(9)15/h2-3,6,8,11H,4-5,7H2,1H3,(H,19,20). The minimum atomic E-state index is -0.875. The molecule has 1 amide bonds. The predicted octanol–water partition coefficient (Wildman–Crippen LogP) is 2.45. The van der Waals surface area contributed by atoms with Gasteiger partial charge in [-0.3, -0.25) is 9.59 Å². The highest BCUT2D eigenvalue weighted by Gasteiger charge is 2.37. The van der Waals surface area contributed by atoms with Crippen LogP contribution in [0.2, 0.25) is 0 Å². The van der Waals surface area contributed by atoms with Crippen LogP contribution in [0.15, 0.2) is 22.7 Å². The van der Waals surface area contributed by atoms with Gasteiger partial charge < -0.3 is 10.0 Å². The van der Waals surface area contributed by atoms with E-state index in [1.165, 1.54) is 12.1 Å². The summed E-state index contributed by atoms with van der Waals surface area (Å²) in [6, 6.07) is 3.87. The number of hydrogen-bond acceptors (Lipinski definition) is 2. The van der Waals surface area contributed by atoms with E-state index >= 15 is 0 Å². The molecular weight excluding hydrogens is 329 g/mol. The highest BCUT2D eigenvalue weighted by Crippen LogP contribution is 2.26. The van der Waals surface area contributed by atoms with Crippen molar-refractivity contribution in [3.63, 3.8) is 0 Å². The second-order valence-corrected chi connectivity index (χ2v) is 5.83. The SMILES string of the molecule is CC1C(C(=O)O)CCN1C(=O)Cc1cc(F)ccc1Br. The largest absolute Gasteiger partial charge is 0.481 e. The maximum Gasteiger partial charge on any atom is 0.308 e. The number of rotatable bonds is 3. The number of nitrogens with zero attached hydrogens (tertiary/aromatic N) is 1. The van der Waals surface area contributed by atoms with E-state index in [4.69, 9.17) is 5.11 Å². The summed E-state index contributed by atoms with van der Waals surface area (Å²) in [6.45, 7) is 2.17.